The van der Waals surface area contributed by atoms with Gasteiger partial charge in [-0.1, -0.05) is 11.6 Å². The average molecular weight is 300 g/mol. The number of Topliss-reactive ketones (excluding diaryl/α,β-unsaturated/α-hetero) is 1. The number of carbonyl (C=O) groups is 2. The summed E-state index contributed by atoms with van der Waals surface area (Å²) in [5, 5.41) is 8.96. The van der Waals surface area contributed by atoms with E-state index in [4.69, 9.17) is 21.6 Å². The lowest BCUT2D eigenvalue weighted by Gasteiger charge is -2.07. The van der Waals surface area contributed by atoms with Crippen LogP contribution < -0.4 is 4.74 Å². The number of aldehydes is 1. The maximum Gasteiger partial charge on any atom is 0.200 e. The maximum absolute atomic E-state index is 11.9. The molecule has 0 saturated heterocycles. The Bertz CT molecular complexity index is 717. The number of ketones is 1. The molecule has 0 spiro atoms. The number of nitrogens with zero attached hydrogens (tertiary/aromatic N) is 1. The fourth-order valence-corrected chi connectivity index (χ4v) is 1.91. The van der Waals surface area contributed by atoms with Crippen LogP contribution in [0.1, 0.15) is 26.3 Å². The summed E-state index contributed by atoms with van der Waals surface area (Å²) in [5.74, 6) is 0.110. The summed E-state index contributed by atoms with van der Waals surface area (Å²) in [7, 11) is 0. The third-order valence-corrected chi connectivity index (χ3v) is 3.08. The van der Waals surface area contributed by atoms with Crippen LogP contribution in [0, 0.1) is 11.3 Å². The van der Waals surface area contributed by atoms with Crippen molar-refractivity contribution in [1.82, 2.24) is 0 Å². The molecule has 2 aromatic carbocycles. The molecule has 0 bridgehead atoms. The van der Waals surface area contributed by atoms with E-state index in [1.54, 1.807) is 30.3 Å². The number of halogens is 1. The van der Waals surface area contributed by atoms with Crippen molar-refractivity contribution in [3.63, 3.8) is 0 Å². The van der Waals surface area contributed by atoms with Gasteiger partial charge in [-0.25, -0.2) is 0 Å². The van der Waals surface area contributed by atoms with Crippen molar-refractivity contribution >= 4 is 23.7 Å². The lowest BCUT2D eigenvalue weighted by molar-refractivity contribution is 0.0921. The Balaban J connectivity index is 2.03. The lowest BCUT2D eigenvalue weighted by atomic mass is 10.1. The third kappa shape index (κ3) is 3.68. The monoisotopic (exact) mass is 299 g/mol. The molecule has 4 nitrogen and oxygen atoms in total. The van der Waals surface area contributed by atoms with Gasteiger partial charge in [0.05, 0.1) is 16.7 Å². The summed E-state index contributed by atoms with van der Waals surface area (Å²) in [4.78, 5) is 22.5. The molecule has 0 unspecified atom stereocenters. The topological polar surface area (TPSA) is 67.2 Å². The summed E-state index contributed by atoms with van der Waals surface area (Å²) in [6.07, 6.45) is 0.678. The van der Waals surface area contributed by atoms with Crippen molar-refractivity contribution in [2.45, 2.75) is 0 Å². The molecule has 0 saturated carbocycles. The van der Waals surface area contributed by atoms with Crippen molar-refractivity contribution in [2.24, 2.45) is 0 Å². The minimum Gasteiger partial charge on any atom is -0.484 e. The number of hydrogen-bond acceptors (Lipinski definition) is 4. The van der Waals surface area contributed by atoms with Gasteiger partial charge in [0, 0.05) is 11.1 Å². The predicted octanol–water partition coefficient (Wildman–Crippen LogP) is 3.29. The second kappa shape index (κ2) is 6.69. The van der Waals surface area contributed by atoms with E-state index >= 15 is 0 Å². The van der Waals surface area contributed by atoms with Crippen molar-refractivity contribution in [3.05, 3.63) is 64.2 Å². The van der Waals surface area contributed by atoms with Gasteiger partial charge in [-0.3, -0.25) is 9.59 Å². The summed E-state index contributed by atoms with van der Waals surface area (Å²) in [5.41, 5.74) is 1.38. The SMILES string of the molecule is N#Cc1ccc(C(=O)COc2ccc(C=O)cc2Cl)cc1. The Labute approximate surface area is 126 Å². The molecule has 2 aromatic rings. The Morgan fingerprint density at radius 1 is 1.24 bits per heavy atom. The molecule has 0 fully saturated rings. The summed E-state index contributed by atoms with van der Waals surface area (Å²) < 4.78 is 5.35. The van der Waals surface area contributed by atoms with Gasteiger partial charge in [-0.15, -0.1) is 0 Å². The van der Waals surface area contributed by atoms with Crippen LogP contribution in [0.25, 0.3) is 0 Å². The van der Waals surface area contributed by atoms with Crippen LogP contribution in [-0.4, -0.2) is 18.7 Å². The van der Waals surface area contributed by atoms with Crippen LogP contribution in [0.3, 0.4) is 0 Å². The van der Waals surface area contributed by atoms with Crippen LogP contribution in [0.15, 0.2) is 42.5 Å². The van der Waals surface area contributed by atoms with E-state index in [9.17, 15) is 9.59 Å². The predicted molar refractivity (Wildman–Crippen MR) is 77.8 cm³/mol. The van der Waals surface area contributed by atoms with Crippen LogP contribution in [0.5, 0.6) is 5.75 Å². The van der Waals surface area contributed by atoms with Gasteiger partial charge in [0.1, 0.15) is 12.0 Å². The number of ether oxygens (including phenoxy) is 1. The van der Waals surface area contributed by atoms with E-state index in [2.05, 4.69) is 0 Å². The quantitative estimate of drug-likeness (QED) is 0.627. The van der Waals surface area contributed by atoms with Gasteiger partial charge >= 0.3 is 0 Å². The van der Waals surface area contributed by atoms with E-state index in [0.717, 1.165) is 0 Å². The number of rotatable bonds is 5. The summed E-state index contributed by atoms with van der Waals surface area (Å²) in [6, 6.07) is 12.8. The van der Waals surface area contributed by atoms with Gasteiger partial charge < -0.3 is 4.74 Å². The minimum atomic E-state index is -0.227. The molecule has 0 aliphatic rings. The molecular weight excluding hydrogens is 290 g/mol. The van der Waals surface area contributed by atoms with Gasteiger partial charge in [-0.2, -0.15) is 5.26 Å². The van der Waals surface area contributed by atoms with E-state index in [1.165, 1.54) is 12.1 Å². The average Bonchev–Trinajstić information content (AvgIpc) is 2.53. The Kier molecular flexibility index (Phi) is 4.70. The zero-order valence-electron chi connectivity index (χ0n) is 10.9. The number of benzene rings is 2. The van der Waals surface area contributed by atoms with Gasteiger partial charge in [0.2, 0.25) is 0 Å². The van der Waals surface area contributed by atoms with E-state index < -0.39 is 0 Å². The molecule has 0 aliphatic carbocycles. The van der Waals surface area contributed by atoms with Crippen molar-refractivity contribution < 1.29 is 14.3 Å². The van der Waals surface area contributed by atoms with E-state index in [1.807, 2.05) is 6.07 Å². The van der Waals surface area contributed by atoms with Crippen LogP contribution >= 0.6 is 11.6 Å². The maximum atomic E-state index is 11.9. The molecule has 21 heavy (non-hydrogen) atoms. The highest BCUT2D eigenvalue weighted by molar-refractivity contribution is 6.32. The first-order valence-corrected chi connectivity index (χ1v) is 6.42. The number of carbonyl (C=O) groups excluding carboxylic acids is 2. The highest BCUT2D eigenvalue weighted by atomic mass is 35.5. The molecule has 0 N–H and O–H groups in total. The third-order valence-electron chi connectivity index (χ3n) is 2.79. The number of hydrogen-bond donors (Lipinski definition) is 0. The highest BCUT2D eigenvalue weighted by Crippen LogP contribution is 2.25. The van der Waals surface area contributed by atoms with Crippen molar-refractivity contribution in [1.29, 1.82) is 5.26 Å². The summed E-state index contributed by atoms with van der Waals surface area (Å²) >= 11 is 5.95. The molecule has 0 aliphatic heterocycles. The first kappa shape index (κ1) is 14.8. The Morgan fingerprint density at radius 3 is 2.52 bits per heavy atom. The largest absolute Gasteiger partial charge is 0.484 e. The van der Waals surface area contributed by atoms with E-state index in [0.29, 0.717) is 28.7 Å². The zero-order chi connectivity index (χ0) is 15.2. The second-order valence-electron chi connectivity index (χ2n) is 4.21. The van der Waals surface area contributed by atoms with Crippen molar-refractivity contribution in [3.8, 4) is 11.8 Å². The van der Waals surface area contributed by atoms with Crippen molar-refractivity contribution in [2.75, 3.05) is 6.61 Å². The highest BCUT2D eigenvalue weighted by Gasteiger charge is 2.09. The van der Waals surface area contributed by atoms with Gasteiger partial charge in [0.15, 0.2) is 12.4 Å². The molecule has 2 rings (SSSR count). The first-order valence-electron chi connectivity index (χ1n) is 6.05. The lowest BCUT2D eigenvalue weighted by Crippen LogP contribution is -2.11. The minimum absolute atomic E-state index is 0.175. The Morgan fingerprint density at radius 2 is 1.95 bits per heavy atom. The first-order chi connectivity index (χ1) is 10.1. The standard InChI is InChI=1S/C16H10ClNO3/c17-14-7-12(9-19)3-6-16(14)21-10-15(20)13-4-1-11(8-18)2-5-13/h1-7,9H,10H2. The van der Waals surface area contributed by atoms with Crippen LogP contribution in [0.4, 0.5) is 0 Å². The molecule has 0 radical (unpaired) electrons. The Hall–Kier alpha value is -2.64. The fraction of sp³-hybridized carbons (Fsp3) is 0.0625. The van der Waals surface area contributed by atoms with Crippen LogP contribution in [0.2, 0.25) is 5.02 Å². The molecule has 0 aromatic heterocycles. The number of nitriles is 1. The molecule has 0 heterocycles. The van der Waals surface area contributed by atoms with Gasteiger partial charge in [0.25, 0.3) is 0 Å². The molecule has 5 heteroatoms. The zero-order valence-corrected chi connectivity index (χ0v) is 11.6. The second-order valence-corrected chi connectivity index (χ2v) is 4.62. The van der Waals surface area contributed by atoms with E-state index in [-0.39, 0.29) is 17.4 Å². The smallest absolute Gasteiger partial charge is 0.200 e. The summed E-state index contributed by atoms with van der Waals surface area (Å²) in [6.45, 7) is -0.175. The molecular formula is C16H10ClNO3. The van der Waals surface area contributed by atoms with Gasteiger partial charge in [-0.05, 0) is 42.5 Å². The molecule has 0 atom stereocenters. The molecule has 0 amide bonds. The fourth-order valence-electron chi connectivity index (χ4n) is 1.66. The molecule has 104 valence electrons. The normalized spacial score (nSPS) is 9.71. The van der Waals surface area contributed by atoms with Crippen LogP contribution in [-0.2, 0) is 0 Å².